The molecule has 0 radical (unpaired) electrons. The van der Waals surface area contributed by atoms with Crippen LogP contribution in [0.5, 0.6) is 0 Å². The molecule has 4 aromatic carbocycles. The molecule has 0 saturated heterocycles. The van der Waals surface area contributed by atoms with Crippen LogP contribution in [-0.2, 0) is 10.0 Å². The molecule has 9 nitrogen and oxygen atoms in total. The Balaban J connectivity index is 1.37. The predicted octanol–water partition coefficient (Wildman–Crippen LogP) is 7.09. The van der Waals surface area contributed by atoms with Gasteiger partial charge in [0, 0.05) is 20.9 Å². The Hall–Kier alpha value is -4.06. The summed E-state index contributed by atoms with van der Waals surface area (Å²) in [6.07, 6.45) is 0. The Morgan fingerprint density at radius 2 is 1.76 bits per heavy atom. The molecule has 1 heterocycles. The normalized spacial score (nSPS) is 12.6. The van der Waals surface area contributed by atoms with Gasteiger partial charge in [-0.05, 0) is 67.1 Å². The number of sulfonamides is 1. The standard InChI is InChI=1S/C26H20ClN5O4S2/c1-16(17-9-12-26-23(13-17)28-22-7-2-3-8-25(22)37-26)29-30-21-11-10-20(15-24(21)32(33)34)38(35,36)31-19-6-4-5-18(27)14-19/h2-15,28,30-31H,1H3/b29-16-. The van der Waals surface area contributed by atoms with E-state index in [1.807, 2.05) is 36.4 Å². The fourth-order valence-corrected chi connectivity index (χ4v) is 5.99. The van der Waals surface area contributed by atoms with Gasteiger partial charge < -0.3 is 5.32 Å². The van der Waals surface area contributed by atoms with Crippen molar-refractivity contribution in [1.82, 2.24) is 0 Å². The third kappa shape index (κ3) is 5.44. The molecule has 0 unspecified atom stereocenters. The molecule has 0 amide bonds. The van der Waals surface area contributed by atoms with Crippen molar-refractivity contribution < 1.29 is 13.3 Å². The topological polar surface area (TPSA) is 126 Å². The van der Waals surface area contributed by atoms with Gasteiger partial charge in [0.05, 0.1) is 32.6 Å². The minimum Gasteiger partial charge on any atom is -0.354 e. The smallest absolute Gasteiger partial charge is 0.295 e. The van der Waals surface area contributed by atoms with Crippen LogP contribution in [0.2, 0.25) is 5.02 Å². The largest absolute Gasteiger partial charge is 0.354 e. The number of benzene rings is 4. The van der Waals surface area contributed by atoms with Crippen LogP contribution in [-0.4, -0.2) is 19.1 Å². The summed E-state index contributed by atoms with van der Waals surface area (Å²) < 4.78 is 28.0. The molecular formula is C26H20ClN5O4S2. The zero-order valence-electron chi connectivity index (χ0n) is 19.8. The van der Waals surface area contributed by atoms with E-state index in [4.69, 9.17) is 11.6 Å². The zero-order valence-corrected chi connectivity index (χ0v) is 22.2. The number of nitrogens with one attached hydrogen (secondary N) is 3. The highest BCUT2D eigenvalue weighted by Gasteiger charge is 2.22. The highest BCUT2D eigenvalue weighted by Crippen LogP contribution is 2.44. The summed E-state index contributed by atoms with van der Waals surface area (Å²) in [5, 5.41) is 19.8. The number of hydrazone groups is 1. The first kappa shape index (κ1) is 25.6. The lowest BCUT2D eigenvalue weighted by Crippen LogP contribution is -2.13. The summed E-state index contributed by atoms with van der Waals surface area (Å²) >= 11 is 7.59. The highest BCUT2D eigenvalue weighted by atomic mass is 35.5. The van der Waals surface area contributed by atoms with E-state index in [1.165, 1.54) is 24.3 Å². The number of rotatable bonds is 7. The molecule has 192 valence electrons. The van der Waals surface area contributed by atoms with Gasteiger partial charge in [0.2, 0.25) is 0 Å². The Morgan fingerprint density at radius 3 is 2.55 bits per heavy atom. The molecule has 0 aliphatic carbocycles. The van der Waals surface area contributed by atoms with Crippen LogP contribution in [0.25, 0.3) is 0 Å². The quantitative estimate of drug-likeness (QED) is 0.109. The second-order valence-corrected chi connectivity index (χ2v) is 11.5. The van der Waals surface area contributed by atoms with Crippen LogP contribution >= 0.6 is 23.4 Å². The molecule has 0 atom stereocenters. The fourth-order valence-electron chi connectivity index (χ4n) is 3.76. The van der Waals surface area contributed by atoms with E-state index < -0.39 is 20.6 Å². The summed E-state index contributed by atoms with van der Waals surface area (Å²) in [4.78, 5) is 13.0. The van der Waals surface area contributed by atoms with Crippen molar-refractivity contribution in [3.05, 3.63) is 106 Å². The molecule has 0 bridgehead atoms. The van der Waals surface area contributed by atoms with E-state index in [9.17, 15) is 18.5 Å². The van der Waals surface area contributed by atoms with Crippen molar-refractivity contribution in [1.29, 1.82) is 0 Å². The minimum atomic E-state index is -4.09. The van der Waals surface area contributed by atoms with Crippen molar-refractivity contribution in [2.45, 2.75) is 21.6 Å². The van der Waals surface area contributed by atoms with Gasteiger partial charge in [0.25, 0.3) is 15.7 Å². The maximum Gasteiger partial charge on any atom is 0.295 e. The van der Waals surface area contributed by atoms with Crippen molar-refractivity contribution in [2.75, 3.05) is 15.5 Å². The van der Waals surface area contributed by atoms with E-state index in [1.54, 1.807) is 30.8 Å². The van der Waals surface area contributed by atoms with E-state index in [0.29, 0.717) is 10.7 Å². The van der Waals surface area contributed by atoms with Crippen molar-refractivity contribution in [3.63, 3.8) is 0 Å². The summed E-state index contributed by atoms with van der Waals surface area (Å²) in [6.45, 7) is 1.78. The van der Waals surface area contributed by atoms with Crippen molar-refractivity contribution in [2.24, 2.45) is 5.10 Å². The molecule has 1 aliphatic heterocycles. The van der Waals surface area contributed by atoms with Crippen LogP contribution in [0.15, 0.2) is 105 Å². The first-order valence-corrected chi connectivity index (χ1v) is 13.9. The van der Waals surface area contributed by atoms with E-state index in [0.717, 1.165) is 32.8 Å². The van der Waals surface area contributed by atoms with E-state index >= 15 is 0 Å². The first-order chi connectivity index (χ1) is 18.2. The number of nitrogens with zero attached hydrogens (tertiary/aromatic N) is 2. The third-order valence-corrected chi connectivity index (χ3v) is 8.44. The van der Waals surface area contributed by atoms with Gasteiger partial charge >= 0.3 is 0 Å². The number of anilines is 4. The van der Waals surface area contributed by atoms with Gasteiger partial charge in [-0.25, -0.2) is 8.42 Å². The van der Waals surface area contributed by atoms with Gasteiger partial charge in [-0.2, -0.15) is 5.10 Å². The molecule has 0 fully saturated rings. The number of halogens is 1. The zero-order chi connectivity index (χ0) is 26.9. The van der Waals surface area contributed by atoms with Crippen LogP contribution < -0.4 is 15.5 Å². The van der Waals surface area contributed by atoms with E-state index in [-0.39, 0.29) is 16.3 Å². The summed E-state index contributed by atoms with van der Waals surface area (Å²) in [5.41, 5.74) is 5.93. The monoisotopic (exact) mass is 565 g/mol. The predicted molar refractivity (Wildman–Crippen MR) is 151 cm³/mol. The molecule has 1 aliphatic rings. The highest BCUT2D eigenvalue weighted by molar-refractivity contribution is 7.99. The van der Waals surface area contributed by atoms with Gasteiger partial charge in [0.15, 0.2) is 0 Å². The van der Waals surface area contributed by atoms with Gasteiger partial charge in [0.1, 0.15) is 5.69 Å². The van der Waals surface area contributed by atoms with Crippen LogP contribution in [0.1, 0.15) is 12.5 Å². The molecule has 3 N–H and O–H groups in total. The number of hydrogen-bond acceptors (Lipinski definition) is 8. The average molecular weight is 566 g/mol. The number of para-hydroxylation sites is 1. The maximum absolute atomic E-state index is 12.8. The summed E-state index contributed by atoms with van der Waals surface area (Å²) in [6, 6.07) is 23.6. The SMILES string of the molecule is C/C(=N/Nc1ccc(S(=O)(=O)Nc2cccc(Cl)c2)cc1[N+](=O)[O-])c1ccc2c(c1)Nc1ccccc1S2. The Kier molecular flexibility index (Phi) is 6.98. The maximum atomic E-state index is 12.8. The van der Waals surface area contributed by atoms with Crippen molar-refractivity contribution >= 4 is 67.5 Å². The van der Waals surface area contributed by atoms with Gasteiger partial charge in [-0.15, -0.1) is 0 Å². The third-order valence-electron chi connectivity index (χ3n) is 5.67. The number of hydrogen-bond donors (Lipinski definition) is 3. The number of nitro groups is 1. The lowest BCUT2D eigenvalue weighted by atomic mass is 10.1. The van der Waals surface area contributed by atoms with Crippen molar-refractivity contribution in [3.8, 4) is 0 Å². The molecule has 0 spiro atoms. The van der Waals surface area contributed by atoms with E-state index in [2.05, 4.69) is 26.6 Å². The molecule has 38 heavy (non-hydrogen) atoms. The van der Waals surface area contributed by atoms with Crippen LogP contribution in [0.3, 0.4) is 0 Å². The van der Waals surface area contributed by atoms with Crippen LogP contribution in [0.4, 0.5) is 28.4 Å². The van der Waals surface area contributed by atoms with Crippen LogP contribution in [0, 0.1) is 10.1 Å². The Morgan fingerprint density at radius 1 is 0.974 bits per heavy atom. The Labute approximate surface area is 228 Å². The van der Waals surface area contributed by atoms with Gasteiger partial charge in [-0.3, -0.25) is 20.3 Å². The lowest BCUT2D eigenvalue weighted by Gasteiger charge is -2.21. The second kappa shape index (κ2) is 10.4. The molecule has 0 saturated carbocycles. The molecule has 12 heteroatoms. The molecule has 4 aromatic rings. The summed E-state index contributed by atoms with van der Waals surface area (Å²) in [7, 11) is -4.09. The molecule has 5 rings (SSSR count). The first-order valence-electron chi connectivity index (χ1n) is 11.2. The average Bonchev–Trinajstić information content (AvgIpc) is 2.89. The molecular weight excluding hydrogens is 546 g/mol. The summed E-state index contributed by atoms with van der Waals surface area (Å²) in [5.74, 6) is 0. The van der Waals surface area contributed by atoms with Gasteiger partial charge in [-0.1, -0.05) is 47.6 Å². The lowest BCUT2D eigenvalue weighted by molar-refractivity contribution is -0.384. The molecule has 0 aromatic heterocycles. The second-order valence-electron chi connectivity index (χ2n) is 8.30. The minimum absolute atomic E-state index is 0.0524. The number of fused-ring (bicyclic) bond motifs is 2. The number of nitro benzene ring substituents is 1. The fraction of sp³-hybridized carbons (Fsp3) is 0.0385. The Bertz CT molecular complexity index is 1710.